The number of aryl methyl sites for hydroxylation is 1. The van der Waals surface area contributed by atoms with E-state index in [1.807, 2.05) is 45.0 Å². The van der Waals surface area contributed by atoms with Crippen LogP contribution in [0.3, 0.4) is 0 Å². The second kappa shape index (κ2) is 10.2. The Morgan fingerprint density at radius 2 is 1.75 bits per heavy atom. The quantitative estimate of drug-likeness (QED) is 0.581. The monoisotopic (exact) mass is 466 g/mol. The molecular formula is C21H27BrN2O3S. The maximum Gasteiger partial charge on any atom is 0.240 e. The van der Waals surface area contributed by atoms with Crippen molar-refractivity contribution in [3.63, 3.8) is 0 Å². The molecule has 1 atom stereocenters. The molecule has 28 heavy (non-hydrogen) atoms. The average Bonchev–Trinajstić information content (AvgIpc) is 2.65. The Morgan fingerprint density at radius 3 is 2.36 bits per heavy atom. The van der Waals surface area contributed by atoms with E-state index in [1.54, 1.807) is 24.3 Å². The molecule has 1 amide bonds. The predicted octanol–water partition coefficient (Wildman–Crippen LogP) is 4.19. The van der Waals surface area contributed by atoms with Crippen LogP contribution in [0.2, 0.25) is 0 Å². The second-order valence-corrected chi connectivity index (χ2v) is 9.92. The molecular weight excluding hydrogens is 440 g/mol. The highest BCUT2D eigenvalue weighted by Gasteiger charge is 2.14. The lowest BCUT2D eigenvalue weighted by atomic mass is 10.1. The zero-order valence-corrected chi connectivity index (χ0v) is 18.8. The summed E-state index contributed by atoms with van der Waals surface area (Å²) < 4.78 is 28.0. The van der Waals surface area contributed by atoms with Gasteiger partial charge in [-0.15, -0.1) is 0 Å². The van der Waals surface area contributed by atoms with E-state index in [1.165, 1.54) is 0 Å². The van der Waals surface area contributed by atoms with Crippen molar-refractivity contribution in [2.24, 2.45) is 5.92 Å². The first-order chi connectivity index (χ1) is 13.2. The van der Waals surface area contributed by atoms with Gasteiger partial charge in [0.15, 0.2) is 0 Å². The number of carbonyl (C=O) groups is 1. The number of sulfonamides is 1. The minimum absolute atomic E-state index is 0.0391. The van der Waals surface area contributed by atoms with Crippen LogP contribution in [0.5, 0.6) is 0 Å². The third kappa shape index (κ3) is 7.04. The predicted molar refractivity (Wildman–Crippen MR) is 115 cm³/mol. The number of hydrogen-bond acceptors (Lipinski definition) is 3. The summed E-state index contributed by atoms with van der Waals surface area (Å²) in [7, 11) is -3.49. The maximum absolute atomic E-state index is 12.2. The van der Waals surface area contributed by atoms with Crippen LogP contribution < -0.4 is 10.0 Å². The Bertz CT molecular complexity index is 896. The Kier molecular flexibility index (Phi) is 8.22. The first-order valence-electron chi connectivity index (χ1n) is 9.31. The van der Waals surface area contributed by atoms with Crippen LogP contribution in [0, 0.1) is 5.92 Å². The van der Waals surface area contributed by atoms with E-state index in [9.17, 15) is 13.2 Å². The SMILES string of the molecule is CC(C)CNS(=O)(=O)c1ccc(CCC(=O)NC(C)c2cccc(Br)c2)cc1. The van der Waals surface area contributed by atoms with Gasteiger partial charge in [-0.25, -0.2) is 13.1 Å². The van der Waals surface area contributed by atoms with Gasteiger partial charge in [-0.2, -0.15) is 0 Å². The number of amides is 1. The lowest BCUT2D eigenvalue weighted by Crippen LogP contribution is -2.27. The van der Waals surface area contributed by atoms with Crippen LogP contribution in [-0.2, 0) is 21.2 Å². The Balaban J connectivity index is 1.88. The highest BCUT2D eigenvalue weighted by atomic mass is 79.9. The second-order valence-electron chi connectivity index (χ2n) is 7.23. The van der Waals surface area contributed by atoms with Gasteiger partial charge in [-0.05, 0) is 54.7 Å². The number of nitrogens with one attached hydrogen (secondary N) is 2. The van der Waals surface area contributed by atoms with Crippen LogP contribution in [-0.4, -0.2) is 20.9 Å². The summed E-state index contributed by atoms with van der Waals surface area (Å²) in [4.78, 5) is 12.5. The van der Waals surface area contributed by atoms with E-state index >= 15 is 0 Å². The molecule has 152 valence electrons. The summed E-state index contributed by atoms with van der Waals surface area (Å²) in [6.07, 6.45) is 0.896. The largest absolute Gasteiger partial charge is 0.350 e. The molecule has 7 heteroatoms. The van der Waals surface area contributed by atoms with E-state index in [0.717, 1.165) is 15.6 Å². The minimum Gasteiger partial charge on any atom is -0.350 e. The summed E-state index contributed by atoms with van der Waals surface area (Å²) in [5.74, 6) is 0.203. The van der Waals surface area contributed by atoms with E-state index < -0.39 is 10.0 Å². The summed E-state index contributed by atoms with van der Waals surface area (Å²) in [5.41, 5.74) is 1.96. The third-order valence-electron chi connectivity index (χ3n) is 4.28. The van der Waals surface area contributed by atoms with Crippen LogP contribution in [0.15, 0.2) is 57.9 Å². The van der Waals surface area contributed by atoms with Crippen LogP contribution >= 0.6 is 15.9 Å². The molecule has 0 aromatic heterocycles. The van der Waals surface area contributed by atoms with E-state index in [4.69, 9.17) is 0 Å². The molecule has 2 aromatic rings. The molecule has 0 bridgehead atoms. The summed E-state index contributed by atoms with van der Waals surface area (Å²) in [6, 6.07) is 14.4. The van der Waals surface area contributed by atoms with E-state index in [-0.39, 0.29) is 22.8 Å². The van der Waals surface area contributed by atoms with E-state index in [0.29, 0.717) is 19.4 Å². The molecule has 0 aliphatic heterocycles. The minimum atomic E-state index is -3.49. The number of benzene rings is 2. The Labute approximate surface area is 176 Å². The lowest BCUT2D eigenvalue weighted by molar-refractivity contribution is -0.121. The van der Waals surface area contributed by atoms with Crippen molar-refractivity contribution in [2.75, 3.05) is 6.54 Å². The lowest BCUT2D eigenvalue weighted by Gasteiger charge is -2.15. The number of carbonyl (C=O) groups excluding carboxylic acids is 1. The topological polar surface area (TPSA) is 75.3 Å². The summed E-state index contributed by atoms with van der Waals surface area (Å²) in [5, 5.41) is 2.99. The maximum atomic E-state index is 12.2. The molecule has 5 nitrogen and oxygen atoms in total. The zero-order valence-electron chi connectivity index (χ0n) is 16.4. The van der Waals surface area contributed by atoms with Gasteiger partial charge < -0.3 is 5.32 Å². The highest BCUT2D eigenvalue weighted by molar-refractivity contribution is 9.10. The third-order valence-corrected chi connectivity index (χ3v) is 6.21. The normalized spacial score (nSPS) is 12.8. The highest BCUT2D eigenvalue weighted by Crippen LogP contribution is 2.18. The molecule has 0 fully saturated rings. The summed E-state index contributed by atoms with van der Waals surface area (Å²) >= 11 is 3.43. The van der Waals surface area contributed by atoms with Crippen LogP contribution in [0.1, 0.15) is 44.4 Å². The molecule has 0 aliphatic carbocycles. The zero-order chi connectivity index (χ0) is 20.7. The Morgan fingerprint density at radius 1 is 1.07 bits per heavy atom. The molecule has 0 heterocycles. The molecule has 0 spiro atoms. The number of halogens is 1. The van der Waals surface area contributed by atoms with Gasteiger partial charge in [0.05, 0.1) is 10.9 Å². The van der Waals surface area contributed by atoms with Crippen molar-refractivity contribution in [3.8, 4) is 0 Å². The average molecular weight is 467 g/mol. The van der Waals surface area contributed by atoms with Crippen LogP contribution in [0.25, 0.3) is 0 Å². The molecule has 2 aromatic carbocycles. The fourth-order valence-electron chi connectivity index (χ4n) is 2.63. The van der Waals surface area contributed by atoms with Gasteiger partial charge in [0, 0.05) is 17.4 Å². The van der Waals surface area contributed by atoms with Gasteiger partial charge in [0.2, 0.25) is 15.9 Å². The van der Waals surface area contributed by atoms with Crippen molar-refractivity contribution in [2.45, 2.75) is 44.6 Å². The van der Waals surface area contributed by atoms with Crippen molar-refractivity contribution < 1.29 is 13.2 Å². The first-order valence-corrected chi connectivity index (χ1v) is 11.6. The fraction of sp³-hybridized carbons (Fsp3) is 0.381. The van der Waals surface area contributed by atoms with Gasteiger partial charge in [-0.1, -0.05) is 54.0 Å². The van der Waals surface area contributed by atoms with Gasteiger partial charge in [0.25, 0.3) is 0 Å². The molecule has 2 rings (SSSR count). The van der Waals surface area contributed by atoms with Crippen molar-refractivity contribution in [1.82, 2.24) is 10.0 Å². The van der Waals surface area contributed by atoms with Crippen molar-refractivity contribution >= 4 is 31.9 Å². The van der Waals surface area contributed by atoms with Gasteiger partial charge in [0.1, 0.15) is 0 Å². The van der Waals surface area contributed by atoms with Gasteiger partial charge in [-0.3, -0.25) is 4.79 Å². The molecule has 0 aliphatic rings. The number of rotatable bonds is 9. The van der Waals surface area contributed by atoms with Crippen molar-refractivity contribution in [1.29, 1.82) is 0 Å². The van der Waals surface area contributed by atoms with Crippen molar-refractivity contribution in [3.05, 3.63) is 64.1 Å². The smallest absolute Gasteiger partial charge is 0.240 e. The molecule has 0 radical (unpaired) electrons. The standard InChI is InChI=1S/C21H27BrN2O3S/c1-15(2)14-23-28(26,27)20-10-7-17(8-11-20)9-12-21(25)24-16(3)18-5-4-6-19(22)13-18/h4-8,10-11,13,15-16,23H,9,12,14H2,1-3H3,(H,24,25). The molecule has 1 unspecified atom stereocenters. The van der Waals surface area contributed by atoms with E-state index in [2.05, 4.69) is 26.0 Å². The van der Waals surface area contributed by atoms with Crippen LogP contribution in [0.4, 0.5) is 0 Å². The fourth-order valence-corrected chi connectivity index (χ4v) is 4.26. The van der Waals surface area contributed by atoms with Gasteiger partial charge >= 0.3 is 0 Å². The Hall–Kier alpha value is -1.70. The molecule has 0 saturated carbocycles. The summed E-state index contributed by atoms with van der Waals surface area (Å²) in [6.45, 7) is 6.26. The molecule has 2 N–H and O–H groups in total. The molecule has 0 saturated heterocycles. The first kappa shape index (κ1) is 22.6. The number of hydrogen-bond donors (Lipinski definition) is 2.